The molecule has 5 heteroatoms. The van der Waals surface area contributed by atoms with E-state index in [9.17, 15) is 4.79 Å². The summed E-state index contributed by atoms with van der Waals surface area (Å²) in [7, 11) is 2.82. The van der Waals surface area contributed by atoms with Crippen LogP contribution in [0.4, 0.5) is 0 Å². The lowest BCUT2D eigenvalue weighted by molar-refractivity contribution is 0.0597. The average Bonchev–Trinajstić information content (AvgIpc) is 2.26. The maximum atomic E-state index is 11.4. The van der Waals surface area contributed by atoms with E-state index in [0.717, 1.165) is 5.56 Å². The van der Waals surface area contributed by atoms with Crippen molar-refractivity contribution in [1.29, 1.82) is 0 Å². The van der Waals surface area contributed by atoms with Crippen LogP contribution in [0.25, 0.3) is 0 Å². The van der Waals surface area contributed by atoms with E-state index in [1.54, 1.807) is 6.07 Å². The molecule has 0 bridgehead atoms. The van der Waals surface area contributed by atoms with Gasteiger partial charge in [-0.1, -0.05) is 27.5 Å². The minimum absolute atomic E-state index is 0.335. The predicted octanol–water partition coefficient (Wildman–Crippen LogP) is 3.03. The predicted molar refractivity (Wildman–Crippen MR) is 62.0 cm³/mol. The molecule has 0 radical (unpaired) electrons. The van der Waals surface area contributed by atoms with Crippen LogP contribution in [0.3, 0.4) is 0 Å². The van der Waals surface area contributed by atoms with Crippen LogP contribution >= 0.6 is 27.5 Å². The van der Waals surface area contributed by atoms with Crippen LogP contribution in [0.2, 0.25) is 5.02 Å². The summed E-state index contributed by atoms with van der Waals surface area (Å²) in [6.45, 7) is 0. The Morgan fingerprint density at radius 3 is 2.60 bits per heavy atom. The van der Waals surface area contributed by atoms with Gasteiger partial charge in [-0.25, -0.2) is 4.79 Å². The summed E-state index contributed by atoms with van der Waals surface area (Å²) in [4.78, 5) is 11.4. The molecule has 0 aromatic heterocycles. The lowest BCUT2D eigenvalue weighted by Gasteiger charge is -2.11. The average molecular weight is 294 g/mol. The topological polar surface area (TPSA) is 35.5 Å². The molecule has 0 atom stereocenters. The summed E-state index contributed by atoms with van der Waals surface area (Å²) < 4.78 is 9.80. The van der Waals surface area contributed by atoms with E-state index in [2.05, 4.69) is 20.7 Å². The molecule has 0 amide bonds. The Kier molecular flexibility index (Phi) is 4.42. The number of ether oxygens (including phenoxy) is 2. The third-order valence-corrected chi connectivity index (χ3v) is 2.71. The number of hydrogen-bond donors (Lipinski definition) is 0. The van der Waals surface area contributed by atoms with Crippen LogP contribution in [-0.4, -0.2) is 20.2 Å². The van der Waals surface area contributed by atoms with Gasteiger partial charge in [0.2, 0.25) is 0 Å². The fourth-order valence-corrected chi connectivity index (χ4v) is 1.91. The van der Waals surface area contributed by atoms with Crippen LogP contribution < -0.4 is 4.74 Å². The van der Waals surface area contributed by atoms with E-state index in [1.165, 1.54) is 20.3 Å². The van der Waals surface area contributed by atoms with Gasteiger partial charge in [-0.05, 0) is 12.1 Å². The molecule has 0 saturated heterocycles. The largest absolute Gasteiger partial charge is 0.496 e. The Morgan fingerprint density at radius 2 is 2.13 bits per heavy atom. The fraction of sp³-hybridized carbons (Fsp3) is 0.300. The molecule has 0 aliphatic rings. The first-order valence-electron chi connectivity index (χ1n) is 4.14. The maximum Gasteiger partial charge on any atom is 0.341 e. The van der Waals surface area contributed by atoms with Crippen molar-refractivity contribution < 1.29 is 14.3 Å². The number of esters is 1. The summed E-state index contributed by atoms with van der Waals surface area (Å²) in [5.41, 5.74) is 1.15. The first kappa shape index (κ1) is 12.3. The van der Waals surface area contributed by atoms with Gasteiger partial charge in [0.05, 0.1) is 14.2 Å². The van der Waals surface area contributed by atoms with Crippen LogP contribution in [-0.2, 0) is 10.1 Å². The first-order chi connectivity index (χ1) is 7.13. The highest BCUT2D eigenvalue weighted by Gasteiger charge is 2.17. The smallest absolute Gasteiger partial charge is 0.341 e. The van der Waals surface area contributed by atoms with Crippen molar-refractivity contribution in [2.75, 3.05) is 14.2 Å². The van der Waals surface area contributed by atoms with E-state index in [0.29, 0.717) is 21.7 Å². The molecule has 0 aliphatic carbocycles. The summed E-state index contributed by atoms with van der Waals surface area (Å²) in [5, 5.41) is 1.03. The van der Waals surface area contributed by atoms with Crippen molar-refractivity contribution in [2.24, 2.45) is 0 Å². The van der Waals surface area contributed by atoms with Gasteiger partial charge in [-0.2, -0.15) is 0 Å². The van der Waals surface area contributed by atoms with Crippen molar-refractivity contribution in [3.63, 3.8) is 0 Å². The zero-order chi connectivity index (χ0) is 11.4. The van der Waals surface area contributed by atoms with Crippen LogP contribution in [0.15, 0.2) is 12.1 Å². The molecule has 82 valence electrons. The van der Waals surface area contributed by atoms with E-state index < -0.39 is 5.97 Å². The number of carbonyl (C=O) groups excluding carboxylic acids is 1. The molecule has 1 aromatic carbocycles. The summed E-state index contributed by atoms with van der Waals surface area (Å²) in [6, 6.07) is 3.26. The Labute approximate surface area is 101 Å². The van der Waals surface area contributed by atoms with Crippen molar-refractivity contribution in [2.45, 2.75) is 5.33 Å². The number of halogens is 2. The molecule has 0 saturated carbocycles. The molecule has 0 unspecified atom stereocenters. The van der Waals surface area contributed by atoms with Crippen LogP contribution in [0, 0.1) is 0 Å². The standard InChI is InChI=1S/C10H10BrClO3/c1-14-9-6(5-11)3-7(12)4-8(9)10(13)15-2/h3-4H,5H2,1-2H3. The number of rotatable bonds is 3. The molecule has 15 heavy (non-hydrogen) atoms. The highest BCUT2D eigenvalue weighted by atomic mass is 79.9. The Bertz CT molecular complexity index is 379. The van der Waals surface area contributed by atoms with E-state index >= 15 is 0 Å². The fourth-order valence-electron chi connectivity index (χ4n) is 1.25. The number of methoxy groups -OCH3 is 2. The summed E-state index contributed by atoms with van der Waals surface area (Å²) in [6.07, 6.45) is 0. The minimum atomic E-state index is -0.462. The lowest BCUT2D eigenvalue weighted by atomic mass is 10.1. The molecule has 1 aromatic rings. The number of alkyl halides is 1. The second-order valence-corrected chi connectivity index (χ2v) is 3.77. The SMILES string of the molecule is COC(=O)c1cc(Cl)cc(CBr)c1OC. The Morgan fingerprint density at radius 1 is 1.47 bits per heavy atom. The van der Waals surface area contributed by atoms with Gasteiger partial charge in [-0.15, -0.1) is 0 Å². The highest BCUT2D eigenvalue weighted by molar-refractivity contribution is 9.08. The monoisotopic (exact) mass is 292 g/mol. The summed E-state index contributed by atoms with van der Waals surface area (Å²) in [5.74, 6) is 0.0275. The van der Waals surface area contributed by atoms with Gasteiger partial charge < -0.3 is 9.47 Å². The van der Waals surface area contributed by atoms with E-state index in [-0.39, 0.29) is 0 Å². The molecule has 0 aliphatic heterocycles. The molecular formula is C10H10BrClO3. The number of hydrogen-bond acceptors (Lipinski definition) is 3. The third kappa shape index (κ3) is 2.63. The van der Waals surface area contributed by atoms with E-state index in [4.69, 9.17) is 16.3 Å². The highest BCUT2D eigenvalue weighted by Crippen LogP contribution is 2.30. The molecular weight excluding hydrogens is 283 g/mol. The van der Waals surface area contributed by atoms with Crippen molar-refractivity contribution in [3.8, 4) is 5.75 Å². The van der Waals surface area contributed by atoms with Crippen molar-refractivity contribution in [1.82, 2.24) is 0 Å². The number of benzene rings is 1. The normalized spacial score (nSPS) is 9.87. The summed E-state index contributed by atoms with van der Waals surface area (Å²) >= 11 is 9.17. The Hall–Kier alpha value is -0.740. The van der Waals surface area contributed by atoms with Crippen molar-refractivity contribution >= 4 is 33.5 Å². The van der Waals surface area contributed by atoms with Gasteiger partial charge in [-0.3, -0.25) is 0 Å². The second-order valence-electron chi connectivity index (χ2n) is 2.77. The minimum Gasteiger partial charge on any atom is -0.496 e. The third-order valence-electron chi connectivity index (χ3n) is 1.88. The van der Waals surface area contributed by atoms with Gasteiger partial charge in [0.1, 0.15) is 11.3 Å². The van der Waals surface area contributed by atoms with Gasteiger partial charge >= 0.3 is 5.97 Å². The number of carbonyl (C=O) groups is 1. The van der Waals surface area contributed by atoms with Gasteiger partial charge in [0.15, 0.2) is 0 Å². The zero-order valence-corrected chi connectivity index (χ0v) is 10.7. The quantitative estimate of drug-likeness (QED) is 0.635. The van der Waals surface area contributed by atoms with Crippen LogP contribution in [0.1, 0.15) is 15.9 Å². The Balaban J connectivity index is 3.35. The van der Waals surface area contributed by atoms with Crippen LogP contribution in [0.5, 0.6) is 5.75 Å². The zero-order valence-electron chi connectivity index (χ0n) is 8.34. The molecule has 0 N–H and O–H groups in total. The molecule has 0 heterocycles. The van der Waals surface area contributed by atoms with Gasteiger partial charge in [0.25, 0.3) is 0 Å². The molecule has 0 fully saturated rings. The second kappa shape index (κ2) is 5.37. The first-order valence-corrected chi connectivity index (χ1v) is 5.64. The van der Waals surface area contributed by atoms with E-state index in [1.807, 2.05) is 0 Å². The lowest BCUT2D eigenvalue weighted by Crippen LogP contribution is -2.05. The molecule has 0 spiro atoms. The molecule has 3 nitrogen and oxygen atoms in total. The van der Waals surface area contributed by atoms with Gasteiger partial charge in [0, 0.05) is 15.9 Å². The maximum absolute atomic E-state index is 11.4. The van der Waals surface area contributed by atoms with Crippen molar-refractivity contribution in [3.05, 3.63) is 28.3 Å². The molecule has 1 rings (SSSR count).